The molecule has 166 valence electrons. The molecule has 1 aliphatic rings. The summed E-state index contributed by atoms with van der Waals surface area (Å²) in [6.07, 6.45) is 1.40. The van der Waals surface area contributed by atoms with Crippen LogP contribution in [-0.2, 0) is 25.0 Å². The maximum absolute atomic E-state index is 12.2. The number of phosphoric acid groups is 1. The molecule has 3 aromatic rings. The monoisotopic (exact) mass is 449 g/mol. The topological polar surface area (TPSA) is 144 Å². The number of hydrogen-bond donors (Lipinski definition) is 2. The average Bonchev–Trinajstić information content (AvgIpc) is 3.34. The Morgan fingerprint density at radius 1 is 1.29 bits per heavy atom. The van der Waals surface area contributed by atoms with E-state index in [1.807, 2.05) is 25.1 Å². The number of nitrogen functional groups attached to an aromatic ring is 1. The predicted molar refractivity (Wildman–Crippen MR) is 111 cm³/mol. The van der Waals surface area contributed by atoms with Crippen LogP contribution in [0.25, 0.3) is 11.2 Å². The minimum absolute atomic E-state index is 0.0246. The molecule has 4 atom stereocenters. The van der Waals surface area contributed by atoms with Crippen molar-refractivity contribution in [1.82, 2.24) is 19.5 Å². The number of ether oxygens (including phenoxy) is 2. The van der Waals surface area contributed by atoms with E-state index < -0.39 is 20.2 Å². The number of nitrogens with zero attached hydrogens (tertiary/aromatic N) is 4. The predicted octanol–water partition coefficient (Wildman–Crippen LogP) is 2.67. The van der Waals surface area contributed by atoms with Crippen LogP contribution in [0.15, 0.2) is 36.7 Å². The Balaban J connectivity index is 1.39. The molecule has 1 saturated heterocycles. The smallest absolute Gasteiger partial charge is 0.472 e. The first-order chi connectivity index (χ1) is 14.9. The molecule has 3 heterocycles. The highest BCUT2D eigenvalue weighted by molar-refractivity contribution is 7.47. The second kappa shape index (κ2) is 8.89. The average molecular weight is 449 g/mol. The minimum atomic E-state index is -4.22. The number of methoxy groups -OCH3 is 1. The largest absolute Gasteiger partial charge is 0.479 e. The van der Waals surface area contributed by atoms with Gasteiger partial charge in [0.1, 0.15) is 6.23 Å². The third-order valence-electron chi connectivity index (χ3n) is 4.99. The molecule has 0 saturated carbocycles. The minimum Gasteiger partial charge on any atom is -0.479 e. The fraction of sp³-hybridized carbons (Fsp3) is 0.421. The van der Waals surface area contributed by atoms with Gasteiger partial charge in [0.2, 0.25) is 11.8 Å². The van der Waals surface area contributed by atoms with Crippen LogP contribution in [0.2, 0.25) is 0 Å². The molecule has 12 heteroatoms. The maximum atomic E-state index is 12.2. The quantitative estimate of drug-likeness (QED) is 0.493. The van der Waals surface area contributed by atoms with Crippen molar-refractivity contribution in [2.75, 3.05) is 19.5 Å². The van der Waals surface area contributed by atoms with Gasteiger partial charge in [-0.15, -0.1) is 0 Å². The Hall–Kier alpha value is -2.56. The first-order valence-electron chi connectivity index (χ1n) is 9.71. The fourth-order valence-electron chi connectivity index (χ4n) is 3.55. The second-order valence-electron chi connectivity index (χ2n) is 7.30. The van der Waals surface area contributed by atoms with Crippen LogP contribution < -0.4 is 10.5 Å². The summed E-state index contributed by atoms with van der Waals surface area (Å²) in [5.74, 6) is 0.411. The highest BCUT2D eigenvalue weighted by atomic mass is 31.2. The number of anilines is 1. The molecule has 0 amide bonds. The van der Waals surface area contributed by atoms with Crippen LogP contribution in [0.4, 0.5) is 5.95 Å². The van der Waals surface area contributed by atoms with Gasteiger partial charge in [0, 0.05) is 5.92 Å². The number of aromatic nitrogens is 4. The van der Waals surface area contributed by atoms with E-state index in [0.29, 0.717) is 17.6 Å². The molecule has 11 nitrogen and oxygen atoms in total. The summed E-state index contributed by atoms with van der Waals surface area (Å²) in [7, 11) is -2.74. The zero-order chi connectivity index (χ0) is 22.0. The number of benzene rings is 1. The highest BCUT2D eigenvalue weighted by Crippen LogP contribution is 2.46. The van der Waals surface area contributed by atoms with Crippen molar-refractivity contribution in [2.24, 2.45) is 5.92 Å². The summed E-state index contributed by atoms with van der Waals surface area (Å²) >= 11 is 0. The van der Waals surface area contributed by atoms with E-state index in [4.69, 9.17) is 24.3 Å². The molecule has 0 aliphatic carbocycles. The van der Waals surface area contributed by atoms with Gasteiger partial charge in [-0.1, -0.05) is 37.3 Å². The third-order valence-corrected chi connectivity index (χ3v) is 5.92. The Morgan fingerprint density at radius 3 is 2.81 bits per heavy atom. The normalized spacial score (nSPS) is 23.1. The molecule has 3 N–H and O–H groups in total. The fourth-order valence-corrected chi connectivity index (χ4v) is 4.29. The highest BCUT2D eigenvalue weighted by Gasteiger charge is 2.36. The van der Waals surface area contributed by atoms with Crippen LogP contribution >= 0.6 is 7.82 Å². The lowest BCUT2D eigenvalue weighted by atomic mass is 10.1. The Kier molecular flexibility index (Phi) is 6.22. The summed E-state index contributed by atoms with van der Waals surface area (Å²) in [5.41, 5.74) is 7.51. The molecule has 31 heavy (non-hydrogen) atoms. The van der Waals surface area contributed by atoms with Gasteiger partial charge in [0.25, 0.3) is 0 Å². The lowest BCUT2D eigenvalue weighted by Gasteiger charge is -2.18. The van der Waals surface area contributed by atoms with Crippen molar-refractivity contribution >= 4 is 24.9 Å². The Bertz CT molecular complexity index is 1090. The first kappa shape index (κ1) is 21.7. The molecule has 4 unspecified atom stereocenters. The van der Waals surface area contributed by atoms with E-state index >= 15 is 0 Å². The molecule has 0 spiro atoms. The number of hydrogen-bond acceptors (Lipinski definition) is 9. The van der Waals surface area contributed by atoms with Crippen molar-refractivity contribution < 1.29 is 28.0 Å². The van der Waals surface area contributed by atoms with Crippen molar-refractivity contribution in [3.63, 3.8) is 0 Å². The Labute approximate surface area is 178 Å². The number of nitrogens with two attached hydrogens (primary N) is 1. The number of phosphoric ester groups is 1. The van der Waals surface area contributed by atoms with Gasteiger partial charge in [-0.2, -0.15) is 9.97 Å². The van der Waals surface area contributed by atoms with Gasteiger partial charge in [-0.25, -0.2) is 9.55 Å². The molecular weight excluding hydrogens is 425 g/mol. The zero-order valence-corrected chi connectivity index (χ0v) is 18.0. The van der Waals surface area contributed by atoms with E-state index in [9.17, 15) is 9.46 Å². The standard InChI is InChI=1S/C19H24N5O6P/c1-12-8-14(10-29-31(25,26)28-9-13-6-4-3-5-7-13)30-18(12)24-11-21-15-16(24)22-19(20)23-17(15)27-2/h3-7,11-12,14,18H,8-10H2,1-2H3,(H,25,26)(H2,20,22,23). The summed E-state index contributed by atoms with van der Waals surface area (Å²) in [6, 6.07) is 9.10. The number of rotatable bonds is 8. The molecule has 4 rings (SSSR count). The van der Waals surface area contributed by atoms with E-state index in [1.165, 1.54) is 7.11 Å². The zero-order valence-electron chi connectivity index (χ0n) is 17.1. The maximum Gasteiger partial charge on any atom is 0.472 e. The summed E-state index contributed by atoms with van der Waals surface area (Å²) < 4.78 is 35.5. The van der Waals surface area contributed by atoms with Gasteiger partial charge in [0.05, 0.1) is 32.8 Å². The van der Waals surface area contributed by atoms with Crippen molar-refractivity contribution in [3.8, 4) is 5.88 Å². The molecule has 0 radical (unpaired) electrons. The van der Waals surface area contributed by atoms with Gasteiger partial charge in [-0.3, -0.25) is 13.6 Å². The van der Waals surface area contributed by atoms with Crippen LogP contribution in [0, 0.1) is 5.92 Å². The summed E-state index contributed by atoms with van der Waals surface area (Å²) in [4.78, 5) is 22.6. The first-order valence-corrected chi connectivity index (χ1v) is 11.2. The van der Waals surface area contributed by atoms with Crippen molar-refractivity contribution in [1.29, 1.82) is 0 Å². The van der Waals surface area contributed by atoms with E-state index in [0.717, 1.165) is 5.56 Å². The number of fused-ring (bicyclic) bond motifs is 1. The lowest BCUT2D eigenvalue weighted by molar-refractivity contribution is -0.0307. The van der Waals surface area contributed by atoms with Gasteiger partial charge >= 0.3 is 7.82 Å². The molecule has 1 aliphatic heterocycles. The van der Waals surface area contributed by atoms with Crippen LogP contribution in [0.5, 0.6) is 5.88 Å². The van der Waals surface area contributed by atoms with Crippen molar-refractivity contribution in [2.45, 2.75) is 32.3 Å². The van der Waals surface area contributed by atoms with E-state index in [2.05, 4.69) is 15.0 Å². The van der Waals surface area contributed by atoms with Crippen molar-refractivity contribution in [3.05, 3.63) is 42.2 Å². The molecule has 2 aromatic heterocycles. The van der Waals surface area contributed by atoms with E-state index in [1.54, 1.807) is 23.0 Å². The van der Waals surface area contributed by atoms with Crippen LogP contribution in [0.1, 0.15) is 25.1 Å². The second-order valence-corrected chi connectivity index (χ2v) is 8.75. The van der Waals surface area contributed by atoms with Crippen LogP contribution in [0.3, 0.4) is 0 Å². The van der Waals surface area contributed by atoms with Crippen LogP contribution in [-0.4, -0.2) is 44.2 Å². The summed E-state index contributed by atoms with van der Waals surface area (Å²) in [5, 5.41) is 0. The molecule has 1 fully saturated rings. The summed E-state index contributed by atoms with van der Waals surface area (Å²) in [6.45, 7) is 1.89. The molecule has 0 bridgehead atoms. The van der Waals surface area contributed by atoms with Gasteiger partial charge in [0.15, 0.2) is 11.2 Å². The van der Waals surface area contributed by atoms with E-state index in [-0.39, 0.29) is 31.0 Å². The SMILES string of the molecule is COc1nc(N)nc2c1ncn2C1OC(COP(=O)(O)OCc2ccccc2)CC1C. The molecule has 1 aromatic carbocycles. The Morgan fingerprint density at radius 2 is 2.06 bits per heavy atom. The lowest BCUT2D eigenvalue weighted by Crippen LogP contribution is -2.17. The molecular formula is C19H24N5O6P. The van der Waals surface area contributed by atoms with Gasteiger partial charge in [-0.05, 0) is 12.0 Å². The van der Waals surface area contributed by atoms with Gasteiger partial charge < -0.3 is 20.1 Å². The number of imidazole rings is 1. The third kappa shape index (κ3) is 4.86.